The van der Waals surface area contributed by atoms with Gasteiger partial charge in [0.05, 0.1) is 5.75 Å². The second kappa shape index (κ2) is 6.60. The van der Waals surface area contributed by atoms with Crippen molar-refractivity contribution < 1.29 is 9.53 Å². The average molecular weight is 300 g/mol. The molecule has 0 bridgehead atoms. The van der Waals surface area contributed by atoms with E-state index in [0.29, 0.717) is 0 Å². The normalized spacial score (nSPS) is 11.2. The number of ether oxygens (including phenoxy) is 1. The molecule has 0 aliphatic heterocycles. The van der Waals surface area contributed by atoms with Gasteiger partial charge < -0.3 is 4.74 Å². The summed E-state index contributed by atoms with van der Waals surface area (Å²) in [5, 5.41) is 0. The highest BCUT2D eigenvalue weighted by atomic mass is 35.6. The number of thioether (sulfide) groups is 1. The summed E-state index contributed by atoms with van der Waals surface area (Å²) < 4.78 is 2.54. The summed E-state index contributed by atoms with van der Waals surface area (Å²) in [6, 6.07) is 9.77. The SMILES string of the molecule is O=C(CSCc1ccccc1)OC(Cl)(Cl)Cl. The number of carbonyl (C=O) groups excluding carboxylic acids is 1. The largest absolute Gasteiger partial charge is 0.414 e. The molecule has 0 unspecified atom stereocenters. The van der Waals surface area contributed by atoms with Crippen LogP contribution in [0.1, 0.15) is 5.56 Å². The molecule has 0 spiro atoms. The van der Waals surface area contributed by atoms with Gasteiger partial charge in [0.2, 0.25) is 0 Å². The first kappa shape index (κ1) is 14.0. The minimum Gasteiger partial charge on any atom is -0.414 e. The van der Waals surface area contributed by atoms with E-state index in [0.717, 1.165) is 11.3 Å². The third kappa shape index (κ3) is 6.48. The lowest BCUT2D eigenvalue weighted by atomic mass is 10.2. The van der Waals surface area contributed by atoms with Crippen molar-refractivity contribution in [3.8, 4) is 0 Å². The van der Waals surface area contributed by atoms with Crippen molar-refractivity contribution in [2.45, 2.75) is 9.73 Å². The lowest BCUT2D eigenvalue weighted by Gasteiger charge is -2.11. The summed E-state index contributed by atoms with van der Waals surface area (Å²) >= 11 is 17.3. The van der Waals surface area contributed by atoms with Crippen LogP contribution in [-0.2, 0) is 15.3 Å². The Balaban J connectivity index is 2.24. The monoisotopic (exact) mass is 298 g/mol. The van der Waals surface area contributed by atoms with Gasteiger partial charge in [-0.3, -0.25) is 4.79 Å². The van der Waals surface area contributed by atoms with Crippen LogP contribution in [0.25, 0.3) is 0 Å². The lowest BCUT2D eigenvalue weighted by molar-refractivity contribution is -0.141. The number of alkyl halides is 3. The van der Waals surface area contributed by atoms with Crippen molar-refractivity contribution in [2.24, 2.45) is 0 Å². The topological polar surface area (TPSA) is 26.3 Å². The first-order chi connectivity index (χ1) is 7.47. The van der Waals surface area contributed by atoms with E-state index in [1.54, 1.807) is 0 Å². The van der Waals surface area contributed by atoms with Crippen LogP contribution in [0.4, 0.5) is 0 Å². The van der Waals surface area contributed by atoms with Crippen LogP contribution in [-0.4, -0.2) is 15.7 Å². The molecule has 1 aromatic rings. The van der Waals surface area contributed by atoms with E-state index in [1.807, 2.05) is 30.3 Å². The number of hydrogen-bond acceptors (Lipinski definition) is 3. The minimum atomic E-state index is -1.97. The summed E-state index contributed by atoms with van der Waals surface area (Å²) in [7, 11) is 0. The van der Waals surface area contributed by atoms with E-state index in [9.17, 15) is 4.79 Å². The molecule has 0 atom stereocenters. The fourth-order valence-electron chi connectivity index (χ4n) is 0.985. The van der Waals surface area contributed by atoms with Crippen molar-refractivity contribution in [3.63, 3.8) is 0 Å². The van der Waals surface area contributed by atoms with Gasteiger partial charge >= 0.3 is 9.95 Å². The van der Waals surface area contributed by atoms with Gasteiger partial charge in [0, 0.05) is 5.75 Å². The molecule has 0 aliphatic rings. The second-order valence-electron chi connectivity index (χ2n) is 2.90. The Bertz CT molecular complexity index is 338. The number of hydrogen-bond donors (Lipinski definition) is 0. The maximum atomic E-state index is 11.2. The first-order valence-electron chi connectivity index (χ1n) is 4.37. The fraction of sp³-hybridized carbons (Fsp3) is 0.300. The van der Waals surface area contributed by atoms with Crippen LogP contribution >= 0.6 is 46.6 Å². The molecule has 0 fully saturated rings. The molecule has 6 heteroatoms. The fourth-order valence-corrected chi connectivity index (χ4v) is 2.00. The van der Waals surface area contributed by atoms with Crippen LogP contribution in [0.5, 0.6) is 0 Å². The highest BCUT2D eigenvalue weighted by Crippen LogP contribution is 2.28. The minimum absolute atomic E-state index is 0.156. The number of halogens is 3. The van der Waals surface area contributed by atoms with Crippen molar-refractivity contribution in [1.82, 2.24) is 0 Å². The van der Waals surface area contributed by atoms with E-state index in [4.69, 9.17) is 34.8 Å². The van der Waals surface area contributed by atoms with Gasteiger partial charge in [-0.2, -0.15) is 0 Å². The molecule has 2 nitrogen and oxygen atoms in total. The van der Waals surface area contributed by atoms with E-state index in [1.165, 1.54) is 11.8 Å². The molecule has 1 aromatic carbocycles. The van der Waals surface area contributed by atoms with Gasteiger partial charge in [0.1, 0.15) is 0 Å². The van der Waals surface area contributed by atoms with Gasteiger partial charge in [-0.15, -0.1) is 11.8 Å². The average Bonchev–Trinajstić information content (AvgIpc) is 2.16. The highest BCUT2D eigenvalue weighted by Gasteiger charge is 2.24. The van der Waals surface area contributed by atoms with E-state index in [2.05, 4.69) is 4.74 Å². The summed E-state index contributed by atoms with van der Waals surface area (Å²) in [5.74, 6) is 0.333. The molecule has 0 heterocycles. The Labute approximate surface area is 113 Å². The first-order valence-corrected chi connectivity index (χ1v) is 6.66. The molecule has 16 heavy (non-hydrogen) atoms. The number of carbonyl (C=O) groups is 1. The van der Waals surface area contributed by atoms with Crippen LogP contribution < -0.4 is 0 Å². The maximum absolute atomic E-state index is 11.2. The van der Waals surface area contributed by atoms with Crippen LogP contribution in [0.2, 0.25) is 0 Å². The predicted octanol–water partition coefficient (Wildman–Crippen LogP) is 3.79. The van der Waals surface area contributed by atoms with Crippen LogP contribution in [0, 0.1) is 0 Å². The Morgan fingerprint density at radius 1 is 1.25 bits per heavy atom. The number of benzene rings is 1. The molecule has 0 saturated carbocycles. The Kier molecular flexibility index (Phi) is 5.76. The van der Waals surface area contributed by atoms with Gasteiger partial charge in [-0.05, 0) is 40.4 Å². The third-order valence-corrected chi connectivity index (χ3v) is 2.77. The zero-order valence-corrected chi connectivity index (χ0v) is 11.2. The molecule has 0 aliphatic carbocycles. The molecule has 0 N–H and O–H groups in total. The lowest BCUT2D eigenvalue weighted by Crippen LogP contribution is -2.17. The van der Waals surface area contributed by atoms with Gasteiger partial charge in [-0.25, -0.2) is 0 Å². The molecule has 0 amide bonds. The van der Waals surface area contributed by atoms with Crippen molar-refractivity contribution in [1.29, 1.82) is 0 Å². The predicted molar refractivity (Wildman–Crippen MR) is 69.0 cm³/mol. The van der Waals surface area contributed by atoms with E-state index in [-0.39, 0.29) is 5.75 Å². The quantitative estimate of drug-likeness (QED) is 0.625. The molecular formula is C10H9Cl3O2S. The Morgan fingerprint density at radius 3 is 2.44 bits per heavy atom. The zero-order valence-electron chi connectivity index (χ0n) is 8.16. The summed E-state index contributed by atoms with van der Waals surface area (Å²) in [6.07, 6.45) is 0. The van der Waals surface area contributed by atoms with Gasteiger partial charge in [0.25, 0.3) is 0 Å². The smallest absolute Gasteiger partial charge is 0.340 e. The van der Waals surface area contributed by atoms with E-state index >= 15 is 0 Å². The van der Waals surface area contributed by atoms with Crippen molar-refractivity contribution >= 4 is 52.5 Å². The molecular weight excluding hydrogens is 291 g/mol. The van der Waals surface area contributed by atoms with Crippen LogP contribution in [0.15, 0.2) is 30.3 Å². The molecule has 0 radical (unpaired) electrons. The second-order valence-corrected chi connectivity index (χ2v) is 6.06. The van der Waals surface area contributed by atoms with Crippen molar-refractivity contribution in [2.75, 3.05) is 5.75 Å². The Hall–Kier alpha value is -0.0900. The third-order valence-electron chi connectivity index (χ3n) is 1.56. The van der Waals surface area contributed by atoms with Crippen LogP contribution in [0.3, 0.4) is 0 Å². The molecule has 0 saturated heterocycles. The highest BCUT2D eigenvalue weighted by molar-refractivity contribution is 7.99. The molecule has 0 aromatic heterocycles. The molecule has 88 valence electrons. The molecule has 1 rings (SSSR count). The number of rotatable bonds is 4. The van der Waals surface area contributed by atoms with Gasteiger partial charge in [-0.1, -0.05) is 30.3 Å². The van der Waals surface area contributed by atoms with Crippen molar-refractivity contribution in [3.05, 3.63) is 35.9 Å². The number of esters is 1. The standard InChI is InChI=1S/C10H9Cl3O2S/c11-10(12,13)15-9(14)7-16-6-8-4-2-1-3-5-8/h1-5H,6-7H2. The summed E-state index contributed by atoms with van der Waals surface area (Å²) in [5.41, 5.74) is 1.13. The maximum Gasteiger partial charge on any atom is 0.340 e. The summed E-state index contributed by atoms with van der Waals surface area (Å²) in [6.45, 7) is 0. The summed E-state index contributed by atoms with van der Waals surface area (Å²) in [4.78, 5) is 11.2. The zero-order chi connectivity index (χ0) is 12.0. The Morgan fingerprint density at radius 2 is 1.88 bits per heavy atom. The van der Waals surface area contributed by atoms with Gasteiger partial charge in [0.15, 0.2) is 0 Å². The van der Waals surface area contributed by atoms with E-state index < -0.39 is 9.95 Å².